The first kappa shape index (κ1) is 17.7. The van der Waals surface area contributed by atoms with Gasteiger partial charge in [-0.25, -0.2) is 4.79 Å². The zero-order chi connectivity index (χ0) is 14.7. The molecule has 0 aliphatic heterocycles. The van der Waals surface area contributed by atoms with E-state index in [-0.39, 0.29) is 12.5 Å². The highest BCUT2D eigenvalue weighted by Crippen LogP contribution is 2.20. The molecule has 19 heavy (non-hydrogen) atoms. The van der Waals surface area contributed by atoms with Crippen molar-refractivity contribution in [3.8, 4) is 0 Å². The quantitative estimate of drug-likeness (QED) is 0.526. The molecule has 0 aromatic heterocycles. The zero-order valence-corrected chi connectivity index (χ0v) is 12.1. The molecule has 0 fully saturated rings. The molecule has 0 saturated heterocycles. The molecule has 3 N–H and O–H groups in total. The summed E-state index contributed by atoms with van der Waals surface area (Å²) in [5.74, 6) is -0.0380. The highest BCUT2D eigenvalue weighted by molar-refractivity contribution is 5.73. The molecule has 0 aromatic carbocycles. The van der Waals surface area contributed by atoms with E-state index in [0.717, 1.165) is 6.42 Å². The van der Waals surface area contributed by atoms with Crippen LogP contribution in [0.4, 0.5) is 4.79 Å². The van der Waals surface area contributed by atoms with Crippen molar-refractivity contribution in [2.45, 2.75) is 33.1 Å². The monoisotopic (exact) mass is 274 g/mol. The molecule has 1 atom stereocenters. The Morgan fingerprint density at radius 1 is 1.16 bits per heavy atom. The average molecular weight is 274 g/mol. The average Bonchev–Trinajstić information content (AvgIpc) is 2.33. The molecule has 0 radical (unpaired) electrons. The predicted octanol–water partition coefficient (Wildman–Crippen LogP) is 1.46. The van der Waals surface area contributed by atoms with Gasteiger partial charge in [0, 0.05) is 26.6 Å². The summed E-state index contributed by atoms with van der Waals surface area (Å²) in [5.41, 5.74) is 0. The normalized spacial score (nSPS) is 12.2. The highest BCUT2D eigenvalue weighted by Gasteiger charge is 2.15. The number of amides is 2. The number of nitrogens with one attached hydrogen (secondary N) is 2. The van der Waals surface area contributed by atoms with Gasteiger partial charge in [-0.1, -0.05) is 13.8 Å². The number of hydrogen-bond acceptors (Lipinski definition) is 3. The van der Waals surface area contributed by atoms with Crippen molar-refractivity contribution in [1.82, 2.24) is 10.6 Å². The van der Waals surface area contributed by atoms with Crippen molar-refractivity contribution < 1.29 is 19.4 Å². The molecular weight excluding hydrogens is 248 g/mol. The summed E-state index contributed by atoms with van der Waals surface area (Å²) in [6.45, 7) is 5.67. The molecule has 0 rings (SSSR count). The molecule has 0 saturated carbocycles. The van der Waals surface area contributed by atoms with Gasteiger partial charge in [-0.05, 0) is 24.7 Å². The molecule has 0 spiro atoms. The van der Waals surface area contributed by atoms with Crippen molar-refractivity contribution >= 4 is 12.0 Å². The molecule has 0 heterocycles. The Hall–Kier alpha value is -1.30. The second-order valence-corrected chi connectivity index (χ2v) is 4.90. The molecule has 0 aliphatic rings. The van der Waals surface area contributed by atoms with Crippen LogP contribution in [0.5, 0.6) is 0 Å². The number of urea groups is 1. The Labute approximate surface area is 114 Å². The van der Waals surface area contributed by atoms with Gasteiger partial charge < -0.3 is 20.5 Å². The van der Waals surface area contributed by atoms with Gasteiger partial charge in [0.05, 0.1) is 6.61 Å². The number of methoxy groups -OCH3 is 1. The van der Waals surface area contributed by atoms with E-state index < -0.39 is 5.97 Å². The fourth-order valence-electron chi connectivity index (χ4n) is 1.82. The van der Waals surface area contributed by atoms with Crippen LogP contribution in [0.3, 0.4) is 0 Å². The summed E-state index contributed by atoms with van der Waals surface area (Å²) < 4.78 is 4.82. The van der Waals surface area contributed by atoms with Crippen LogP contribution in [0.2, 0.25) is 0 Å². The van der Waals surface area contributed by atoms with Crippen LogP contribution in [-0.2, 0) is 9.53 Å². The molecule has 0 bridgehead atoms. The first-order valence-corrected chi connectivity index (χ1v) is 6.69. The summed E-state index contributed by atoms with van der Waals surface area (Å²) in [6.07, 6.45) is 1.63. The van der Waals surface area contributed by atoms with Crippen molar-refractivity contribution in [3.05, 3.63) is 0 Å². The van der Waals surface area contributed by atoms with Gasteiger partial charge in [-0.2, -0.15) is 0 Å². The number of hydrogen-bond donors (Lipinski definition) is 3. The Kier molecular flexibility index (Phi) is 9.88. The van der Waals surface area contributed by atoms with Gasteiger partial charge in [-0.3, -0.25) is 4.79 Å². The number of carbonyl (C=O) groups excluding carboxylic acids is 1. The summed E-state index contributed by atoms with van der Waals surface area (Å²) in [6, 6.07) is -0.210. The molecule has 6 nitrogen and oxygen atoms in total. The Balaban J connectivity index is 3.79. The third kappa shape index (κ3) is 10.3. The summed E-state index contributed by atoms with van der Waals surface area (Å²) in [5, 5.41) is 14.1. The maximum atomic E-state index is 11.4. The van der Waals surface area contributed by atoms with E-state index in [4.69, 9.17) is 9.84 Å². The smallest absolute Gasteiger partial charge is 0.314 e. The van der Waals surface area contributed by atoms with Gasteiger partial charge >= 0.3 is 12.0 Å². The van der Waals surface area contributed by atoms with Crippen LogP contribution < -0.4 is 10.6 Å². The van der Waals surface area contributed by atoms with Crippen LogP contribution in [-0.4, -0.2) is 43.9 Å². The number of aliphatic carboxylic acids is 1. The number of rotatable bonds is 10. The van der Waals surface area contributed by atoms with E-state index in [9.17, 15) is 9.59 Å². The summed E-state index contributed by atoms with van der Waals surface area (Å²) in [7, 11) is 1.58. The van der Waals surface area contributed by atoms with Crippen LogP contribution in [0, 0.1) is 11.8 Å². The van der Waals surface area contributed by atoms with Gasteiger partial charge in [0.2, 0.25) is 0 Å². The van der Waals surface area contributed by atoms with E-state index >= 15 is 0 Å². The maximum absolute atomic E-state index is 11.4. The van der Waals surface area contributed by atoms with Crippen molar-refractivity contribution in [2.24, 2.45) is 11.8 Å². The van der Waals surface area contributed by atoms with Gasteiger partial charge in [0.1, 0.15) is 0 Å². The second kappa shape index (κ2) is 10.6. The Morgan fingerprint density at radius 3 is 2.32 bits per heavy atom. The SMILES string of the molecule is COCCNC(=O)NCCC(CCC(=O)O)C(C)C. The lowest BCUT2D eigenvalue weighted by molar-refractivity contribution is -0.137. The van der Waals surface area contributed by atoms with Crippen LogP contribution in [0.15, 0.2) is 0 Å². The lowest BCUT2D eigenvalue weighted by atomic mass is 9.88. The number of carboxylic acids is 1. The predicted molar refractivity (Wildman–Crippen MR) is 73.1 cm³/mol. The molecule has 2 amide bonds. The fraction of sp³-hybridized carbons (Fsp3) is 0.846. The lowest BCUT2D eigenvalue weighted by Crippen LogP contribution is -2.38. The molecule has 6 heteroatoms. The Bertz CT molecular complexity index is 269. The Morgan fingerprint density at radius 2 is 1.79 bits per heavy atom. The van der Waals surface area contributed by atoms with Crippen molar-refractivity contribution in [3.63, 3.8) is 0 Å². The van der Waals surface area contributed by atoms with E-state index in [1.165, 1.54) is 0 Å². The van der Waals surface area contributed by atoms with E-state index in [1.54, 1.807) is 7.11 Å². The minimum absolute atomic E-state index is 0.183. The molecule has 1 unspecified atom stereocenters. The van der Waals surface area contributed by atoms with Crippen LogP contribution in [0.1, 0.15) is 33.1 Å². The van der Waals surface area contributed by atoms with Gasteiger partial charge in [0.25, 0.3) is 0 Å². The van der Waals surface area contributed by atoms with Crippen molar-refractivity contribution in [1.29, 1.82) is 0 Å². The zero-order valence-electron chi connectivity index (χ0n) is 12.1. The molecular formula is C13H26N2O4. The topological polar surface area (TPSA) is 87.7 Å². The van der Waals surface area contributed by atoms with Crippen LogP contribution in [0.25, 0.3) is 0 Å². The first-order chi connectivity index (χ1) is 8.97. The summed E-state index contributed by atoms with van der Waals surface area (Å²) >= 11 is 0. The van der Waals surface area contributed by atoms with Gasteiger partial charge in [-0.15, -0.1) is 0 Å². The summed E-state index contributed by atoms with van der Waals surface area (Å²) in [4.78, 5) is 21.9. The first-order valence-electron chi connectivity index (χ1n) is 6.69. The second-order valence-electron chi connectivity index (χ2n) is 4.90. The minimum Gasteiger partial charge on any atom is -0.481 e. The van der Waals surface area contributed by atoms with E-state index in [0.29, 0.717) is 38.0 Å². The lowest BCUT2D eigenvalue weighted by Gasteiger charge is -2.20. The number of carbonyl (C=O) groups is 2. The van der Waals surface area contributed by atoms with Crippen molar-refractivity contribution in [2.75, 3.05) is 26.8 Å². The van der Waals surface area contributed by atoms with E-state index in [2.05, 4.69) is 24.5 Å². The highest BCUT2D eigenvalue weighted by atomic mass is 16.5. The molecule has 0 aliphatic carbocycles. The standard InChI is InChI=1S/C13H26N2O4/c1-10(2)11(4-5-12(16)17)6-7-14-13(18)15-8-9-19-3/h10-11H,4-9H2,1-3H3,(H,16,17)(H2,14,15,18). The third-order valence-electron chi connectivity index (χ3n) is 3.06. The van der Waals surface area contributed by atoms with Gasteiger partial charge in [0.15, 0.2) is 0 Å². The number of ether oxygens (including phenoxy) is 1. The maximum Gasteiger partial charge on any atom is 0.314 e. The molecule has 112 valence electrons. The van der Waals surface area contributed by atoms with E-state index in [1.807, 2.05) is 0 Å². The third-order valence-corrected chi connectivity index (χ3v) is 3.06. The largest absolute Gasteiger partial charge is 0.481 e. The number of carboxylic acid groups (broad SMARTS) is 1. The molecule has 0 aromatic rings. The fourth-order valence-corrected chi connectivity index (χ4v) is 1.82. The minimum atomic E-state index is -0.768. The van der Waals surface area contributed by atoms with Crippen LogP contribution >= 0.6 is 0 Å².